The molecule has 0 aliphatic heterocycles. The number of hydrogen-bond donors (Lipinski definition) is 1. The second-order valence-electron chi connectivity index (χ2n) is 6.21. The van der Waals surface area contributed by atoms with Crippen LogP contribution in [0.4, 0.5) is 0 Å². The first-order valence-electron chi connectivity index (χ1n) is 7.69. The lowest BCUT2D eigenvalue weighted by Crippen LogP contribution is -2.44. The third kappa shape index (κ3) is 4.96. The van der Waals surface area contributed by atoms with Gasteiger partial charge in [-0.3, -0.25) is 0 Å². The van der Waals surface area contributed by atoms with Crippen LogP contribution in [-0.4, -0.2) is 30.6 Å². The van der Waals surface area contributed by atoms with E-state index in [4.69, 9.17) is 5.73 Å². The van der Waals surface area contributed by atoms with Gasteiger partial charge in [0.05, 0.1) is 0 Å². The molecule has 2 N–H and O–H groups in total. The lowest BCUT2D eigenvalue weighted by molar-refractivity contribution is 0.231. The molecule has 0 atom stereocenters. The number of hydrogen-bond acceptors (Lipinski definition) is 2. The van der Waals surface area contributed by atoms with Crippen LogP contribution >= 0.6 is 0 Å². The highest BCUT2D eigenvalue weighted by atomic mass is 15.1. The van der Waals surface area contributed by atoms with Crippen molar-refractivity contribution < 1.29 is 0 Å². The summed E-state index contributed by atoms with van der Waals surface area (Å²) in [5.41, 5.74) is 8.04. The van der Waals surface area contributed by atoms with Gasteiger partial charge in [-0.25, -0.2) is 0 Å². The molecular formula is C17H28N2. The summed E-state index contributed by atoms with van der Waals surface area (Å²) < 4.78 is 0. The Morgan fingerprint density at radius 3 is 2.42 bits per heavy atom. The SMILES string of the molecule is CN(CCc1ccccc1)CCC1(N)CCCCC1. The fourth-order valence-electron chi connectivity index (χ4n) is 3.00. The van der Waals surface area contributed by atoms with E-state index in [0.717, 1.165) is 25.9 Å². The van der Waals surface area contributed by atoms with E-state index >= 15 is 0 Å². The van der Waals surface area contributed by atoms with Crippen LogP contribution in [0.3, 0.4) is 0 Å². The minimum atomic E-state index is 0.124. The number of benzene rings is 1. The maximum Gasteiger partial charge on any atom is 0.0166 e. The zero-order chi connectivity index (χ0) is 13.6. The molecule has 0 aromatic heterocycles. The van der Waals surface area contributed by atoms with Crippen molar-refractivity contribution in [1.29, 1.82) is 0 Å². The van der Waals surface area contributed by atoms with Crippen LogP contribution in [0.5, 0.6) is 0 Å². The van der Waals surface area contributed by atoms with E-state index in [-0.39, 0.29) is 5.54 Å². The van der Waals surface area contributed by atoms with Crippen LogP contribution in [0.25, 0.3) is 0 Å². The molecule has 1 saturated carbocycles. The summed E-state index contributed by atoms with van der Waals surface area (Å²) in [5.74, 6) is 0. The number of rotatable bonds is 6. The largest absolute Gasteiger partial charge is 0.325 e. The maximum absolute atomic E-state index is 6.49. The Kier molecular flexibility index (Phi) is 5.41. The summed E-state index contributed by atoms with van der Waals surface area (Å²) in [4.78, 5) is 2.43. The van der Waals surface area contributed by atoms with E-state index in [1.54, 1.807) is 0 Å². The summed E-state index contributed by atoms with van der Waals surface area (Å²) in [7, 11) is 2.22. The average Bonchev–Trinajstić information content (AvgIpc) is 2.45. The van der Waals surface area contributed by atoms with Gasteiger partial charge in [0.2, 0.25) is 0 Å². The molecule has 19 heavy (non-hydrogen) atoms. The van der Waals surface area contributed by atoms with Crippen molar-refractivity contribution in [2.45, 2.75) is 50.5 Å². The van der Waals surface area contributed by atoms with E-state index < -0.39 is 0 Å². The second kappa shape index (κ2) is 7.06. The van der Waals surface area contributed by atoms with Crippen molar-refractivity contribution in [3.8, 4) is 0 Å². The van der Waals surface area contributed by atoms with Crippen molar-refractivity contribution in [3.63, 3.8) is 0 Å². The Bertz CT molecular complexity index is 355. The smallest absolute Gasteiger partial charge is 0.0166 e. The second-order valence-corrected chi connectivity index (χ2v) is 6.21. The number of nitrogens with two attached hydrogens (primary N) is 1. The molecule has 0 radical (unpaired) electrons. The fourth-order valence-corrected chi connectivity index (χ4v) is 3.00. The zero-order valence-corrected chi connectivity index (χ0v) is 12.3. The minimum absolute atomic E-state index is 0.124. The van der Waals surface area contributed by atoms with Gasteiger partial charge in [0.15, 0.2) is 0 Å². The van der Waals surface area contributed by atoms with Gasteiger partial charge in [0, 0.05) is 12.1 Å². The first-order chi connectivity index (χ1) is 9.18. The van der Waals surface area contributed by atoms with Crippen LogP contribution in [0.1, 0.15) is 44.1 Å². The van der Waals surface area contributed by atoms with Crippen molar-refractivity contribution in [3.05, 3.63) is 35.9 Å². The highest BCUT2D eigenvalue weighted by Gasteiger charge is 2.26. The van der Waals surface area contributed by atoms with Gasteiger partial charge in [0.1, 0.15) is 0 Å². The van der Waals surface area contributed by atoms with Gasteiger partial charge in [-0.15, -0.1) is 0 Å². The topological polar surface area (TPSA) is 29.3 Å². The molecule has 0 bridgehead atoms. The first kappa shape index (κ1) is 14.5. The normalized spacial score (nSPS) is 18.7. The highest BCUT2D eigenvalue weighted by molar-refractivity contribution is 5.14. The molecular weight excluding hydrogens is 232 g/mol. The Morgan fingerprint density at radius 2 is 1.74 bits per heavy atom. The first-order valence-corrected chi connectivity index (χ1v) is 7.69. The lowest BCUT2D eigenvalue weighted by atomic mass is 9.80. The summed E-state index contributed by atoms with van der Waals surface area (Å²) in [6.45, 7) is 2.25. The Labute approximate surface area is 118 Å². The van der Waals surface area contributed by atoms with Crippen LogP contribution in [-0.2, 0) is 6.42 Å². The fraction of sp³-hybridized carbons (Fsp3) is 0.647. The van der Waals surface area contributed by atoms with Crippen LogP contribution < -0.4 is 5.73 Å². The van der Waals surface area contributed by atoms with Gasteiger partial charge in [-0.2, -0.15) is 0 Å². The zero-order valence-electron chi connectivity index (χ0n) is 12.3. The van der Waals surface area contributed by atoms with Gasteiger partial charge in [-0.05, 0) is 44.8 Å². The van der Waals surface area contributed by atoms with Crippen LogP contribution in [0.2, 0.25) is 0 Å². The van der Waals surface area contributed by atoms with Crippen LogP contribution in [0.15, 0.2) is 30.3 Å². The number of nitrogens with zero attached hydrogens (tertiary/aromatic N) is 1. The van der Waals surface area contributed by atoms with E-state index in [9.17, 15) is 0 Å². The average molecular weight is 260 g/mol. The van der Waals surface area contributed by atoms with E-state index in [1.165, 1.54) is 37.7 Å². The van der Waals surface area contributed by atoms with E-state index in [1.807, 2.05) is 0 Å². The minimum Gasteiger partial charge on any atom is -0.325 e. The van der Waals surface area contributed by atoms with E-state index in [0.29, 0.717) is 0 Å². The molecule has 1 aliphatic carbocycles. The predicted molar refractivity (Wildman–Crippen MR) is 82.3 cm³/mol. The third-order valence-corrected chi connectivity index (χ3v) is 4.47. The molecule has 0 saturated heterocycles. The summed E-state index contributed by atoms with van der Waals surface area (Å²) in [6, 6.07) is 10.7. The molecule has 0 spiro atoms. The van der Waals surface area contributed by atoms with Crippen molar-refractivity contribution >= 4 is 0 Å². The van der Waals surface area contributed by atoms with E-state index in [2.05, 4.69) is 42.3 Å². The summed E-state index contributed by atoms with van der Waals surface area (Å²) in [5, 5.41) is 0. The summed E-state index contributed by atoms with van der Waals surface area (Å²) in [6.07, 6.45) is 8.75. The van der Waals surface area contributed by atoms with Gasteiger partial charge < -0.3 is 10.6 Å². The molecule has 0 heterocycles. The molecule has 2 nitrogen and oxygen atoms in total. The lowest BCUT2D eigenvalue weighted by Gasteiger charge is -2.34. The quantitative estimate of drug-likeness (QED) is 0.851. The van der Waals surface area contributed by atoms with Gasteiger partial charge >= 0.3 is 0 Å². The molecule has 1 aliphatic rings. The van der Waals surface area contributed by atoms with Gasteiger partial charge in [0.25, 0.3) is 0 Å². The third-order valence-electron chi connectivity index (χ3n) is 4.47. The molecule has 1 aromatic rings. The highest BCUT2D eigenvalue weighted by Crippen LogP contribution is 2.28. The molecule has 106 valence electrons. The van der Waals surface area contributed by atoms with Crippen molar-refractivity contribution in [1.82, 2.24) is 4.90 Å². The predicted octanol–water partition coefficient (Wildman–Crippen LogP) is 3.21. The Morgan fingerprint density at radius 1 is 1.05 bits per heavy atom. The monoisotopic (exact) mass is 260 g/mol. The van der Waals surface area contributed by atoms with Crippen molar-refractivity contribution in [2.24, 2.45) is 5.73 Å². The molecule has 2 heteroatoms. The molecule has 1 fully saturated rings. The van der Waals surface area contributed by atoms with Crippen LogP contribution in [0, 0.1) is 0 Å². The molecule has 0 unspecified atom stereocenters. The molecule has 1 aromatic carbocycles. The summed E-state index contributed by atoms with van der Waals surface area (Å²) >= 11 is 0. The Balaban J connectivity index is 1.68. The van der Waals surface area contributed by atoms with Crippen molar-refractivity contribution in [2.75, 3.05) is 20.1 Å². The standard InChI is InChI=1S/C17H28N2/c1-19(14-10-16-8-4-2-5-9-16)15-13-17(18)11-6-3-7-12-17/h2,4-5,8-9H,3,6-7,10-15,18H2,1H3. The Hall–Kier alpha value is -0.860. The maximum atomic E-state index is 6.49. The molecule has 2 rings (SSSR count). The van der Waals surface area contributed by atoms with Gasteiger partial charge in [-0.1, -0.05) is 49.6 Å². The molecule has 0 amide bonds. The number of likely N-dealkylation sites (N-methyl/N-ethyl adjacent to an activating group) is 1.